The van der Waals surface area contributed by atoms with Gasteiger partial charge in [0.1, 0.15) is 0 Å². The molecule has 0 fully saturated rings. The molecule has 3 heterocycles. The maximum atomic E-state index is 4.15. The van der Waals surface area contributed by atoms with Crippen molar-refractivity contribution in [3.8, 4) is 0 Å². The number of fused-ring (bicyclic) bond motifs is 1. The van der Waals surface area contributed by atoms with Crippen molar-refractivity contribution in [3.63, 3.8) is 0 Å². The molecule has 0 atom stereocenters. The molecule has 0 spiro atoms. The highest BCUT2D eigenvalue weighted by atomic mass is 79.9. The zero-order valence-electron chi connectivity index (χ0n) is 6.80. The van der Waals surface area contributed by atoms with Gasteiger partial charge in [-0.25, -0.2) is 0 Å². The van der Waals surface area contributed by atoms with Gasteiger partial charge in [-0.3, -0.25) is 0 Å². The minimum Gasteiger partial charge on any atom is -1.00 e. The fourth-order valence-electron chi connectivity index (χ4n) is 1.84. The van der Waals surface area contributed by atoms with Crippen molar-refractivity contribution in [2.75, 3.05) is 13.1 Å². The maximum absolute atomic E-state index is 4.15. The fraction of sp³-hybridized carbons (Fsp3) is 0.375. The Morgan fingerprint density at radius 2 is 2.31 bits per heavy atom. The third-order valence-electron chi connectivity index (χ3n) is 2.44. The van der Waals surface area contributed by atoms with Gasteiger partial charge in [0.15, 0.2) is 12.2 Å². The molecule has 0 N–H and O–H groups in total. The predicted octanol–water partition coefficient (Wildman–Crippen LogP) is -1.18. The van der Waals surface area contributed by atoms with Crippen molar-refractivity contribution < 1.29 is 21.6 Å². The van der Waals surface area contributed by atoms with Crippen molar-refractivity contribution in [2.24, 2.45) is 10.2 Å². The lowest BCUT2D eigenvalue weighted by molar-refractivity contribution is -0.446. The van der Waals surface area contributed by atoms with Gasteiger partial charge in [-0.1, -0.05) is 0 Å². The minimum atomic E-state index is 0. The molecule has 0 amide bonds. The first-order valence-corrected chi connectivity index (χ1v) is 4.74. The lowest BCUT2D eigenvalue weighted by Gasteiger charge is -1.92. The Morgan fingerprint density at radius 1 is 1.46 bits per heavy atom. The number of halogens is 2. The highest BCUT2D eigenvalue weighted by Gasteiger charge is 2.38. The lowest BCUT2D eigenvalue weighted by atomic mass is 10.1. The molecule has 0 saturated heterocycles. The van der Waals surface area contributed by atoms with Gasteiger partial charge in [-0.05, 0) is 0 Å². The number of hydrogen-bond donors (Lipinski definition) is 0. The van der Waals surface area contributed by atoms with E-state index < -0.39 is 0 Å². The van der Waals surface area contributed by atoms with Crippen molar-refractivity contribution in [3.05, 3.63) is 22.0 Å². The second-order valence-electron chi connectivity index (χ2n) is 3.12. The number of hydrogen-bond acceptors (Lipinski definition) is 2. The first-order chi connectivity index (χ1) is 5.86. The quantitative estimate of drug-likeness (QED) is 0.398. The third-order valence-corrected chi connectivity index (χ3v) is 3.19. The number of azo groups is 1. The van der Waals surface area contributed by atoms with E-state index >= 15 is 0 Å². The second kappa shape index (κ2) is 3.13. The summed E-state index contributed by atoms with van der Waals surface area (Å²) in [6, 6.07) is 0. The van der Waals surface area contributed by atoms with Crippen LogP contribution in [0.15, 0.2) is 32.2 Å². The van der Waals surface area contributed by atoms with Gasteiger partial charge in [0, 0.05) is 22.0 Å². The van der Waals surface area contributed by atoms with Crippen LogP contribution in [-0.4, -0.2) is 23.4 Å². The molecule has 3 nitrogen and oxygen atoms in total. The van der Waals surface area contributed by atoms with Crippen LogP contribution < -0.4 is 17.0 Å². The molecule has 3 aliphatic heterocycles. The Bertz CT molecular complexity index is 390. The van der Waals surface area contributed by atoms with Gasteiger partial charge in [0.25, 0.3) is 0 Å². The van der Waals surface area contributed by atoms with Crippen LogP contribution >= 0.6 is 15.9 Å². The highest BCUT2D eigenvalue weighted by molar-refractivity contribution is 9.11. The molecule has 0 aromatic carbocycles. The molecule has 0 aliphatic carbocycles. The summed E-state index contributed by atoms with van der Waals surface area (Å²) in [6.07, 6.45) is 3.17. The van der Waals surface area contributed by atoms with E-state index in [0.29, 0.717) is 0 Å². The summed E-state index contributed by atoms with van der Waals surface area (Å²) < 4.78 is 3.45. The molecular formula is C8H7Br2N3. The third kappa shape index (κ3) is 1.17. The SMILES string of the molecule is BrC1=CCC2=[N+]1CC1=C2N=NC1.[Br-]. The minimum absolute atomic E-state index is 0. The molecule has 0 bridgehead atoms. The van der Waals surface area contributed by atoms with Gasteiger partial charge >= 0.3 is 0 Å². The van der Waals surface area contributed by atoms with Crippen LogP contribution in [0.25, 0.3) is 0 Å². The van der Waals surface area contributed by atoms with Crippen LogP contribution in [0.3, 0.4) is 0 Å². The van der Waals surface area contributed by atoms with Crippen LogP contribution in [0.2, 0.25) is 0 Å². The van der Waals surface area contributed by atoms with E-state index in [1.807, 2.05) is 0 Å². The Hall–Kier alpha value is -0.290. The highest BCUT2D eigenvalue weighted by Crippen LogP contribution is 2.31. The van der Waals surface area contributed by atoms with Gasteiger partial charge in [0.2, 0.25) is 10.3 Å². The smallest absolute Gasteiger partial charge is 0.245 e. The first kappa shape index (κ1) is 9.27. The summed E-state index contributed by atoms with van der Waals surface area (Å²) in [6.45, 7) is 1.78. The van der Waals surface area contributed by atoms with Crippen LogP contribution in [-0.2, 0) is 0 Å². The molecule has 13 heavy (non-hydrogen) atoms. The average Bonchev–Trinajstić information content (AvgIpc) is 2.63. The topological polar surface area (TPSA) is 27.7 Å². The van der Waals surface area contributed by atoms with Gasteiger partial charge < -0.3 is 17.0 Å². The monoisotopic (exact) mass is 303 g/mol. The summed E-state index contributed by atoms with van der Waals surface area (Å²) in [7, 11) is 0. The summed E-state index contributed by atoms with van der Waals surface area (Å²) in [5, 5.41) is 8.16. The molecule has 3 rings (SSSR count). The Kier molecular flexibility index (Phi) is 2.23. The van der Waals surface area contributed by atoms with E-state index in [1.165, 1.54) is 15.9 Å². The second-order valence-corrected chi connectivity index (χ2v) is 3.93. The van der Waals surface area contributed by atoms with E-state index in [2.05, 4.69) is 36.8 Å². The molecule has 5 heteroatoms. The van der Waals surface area contributed by atoms with E-state index in [0.717, 1.165) is 25.2 Å². The molecule has 0 saturated carbocycles. The normalized spacial score (nSPS) is 23.3. The molecular weight excluding hydrogens is 298 g/mol. The zero-order chi connectivity index (χ0) is 8.13. The van der Waals surface area contributed by atoms with Crippen molar-refractivity contribution >= 4 is 21.6 Å². The predicted molar refractivity (Wildman–Crippen MR) is 48.5 cm³/mol. The number of nitrogens with zero attached hydrogens (tertiary/aromatic N) is 3. The molecule has 3 aliphatic rings. The standard InChI is InChI=1S/C8H7BrN3.BrH/c9-7-2-1-6-8-5(3-10-11-8)4-12(6)7;/h2H,1,3-4H2;1H/q+1;/p-1. The Labute approximate surface area is 94.8 Å². The van der Waals surface area contributed by atoms with Crippen LogP contribution in [0.5, 0.6) is 0 Å². The zero-order valence-corrected chi connectivity index (χ0v) is 9.97. The Balaban J connectivity index is 0.000000653. The fourth-order valence-corrected chi connectivity index (χ4v) is 2.34. The van der Waals surface area contributed by atoms with Gasteiger partial charge in [-0.2, -0.15) is 9.69 Å². The molecule has 68 valence electrons. The maximum Gasteiger partial charge on any atom is 0.245 e. The Morgan fingerprint density at radius 3 is 3.15 bits per heavy atom. The molecule has 0 radical (unpaired) electrons. The largest absolute Gasteiger partial charge is 1.00 e. The van der Waals surface area contributed by atoms with Crippen molar-refractivity contribution in [1.29, 1.82) is 0 Å². The molecule has 0 aromatic rings. The van der Waals surface area contributed by atoms with E-state index in [1.54, 1.807) is 0 Å². The summed E-state index contributed by atoms with van der Waals surface area (Å²) in [4.78, 5) is 0. The lowest BCUT2D eigenvalue weighted by Crippen LogP contribution is -3.00. The van der Waals surface area contributed by atoms with Gasteiger partial charge in [0.05, 0.1) is 18.5 Å². The van der Waals surface area contributed by atoms with Gasteiger partial charge in [-0.15, -0.1) is 5.11 Å². The first-order valence-electron chi connectivity index (χ1n) is 3.95. The number of allylic oxidation sites excluding steroid dienone is 2. The van der Waals surface area contributed by atoms with E-state index in [-0.39, 0.29) is 17.0 Å². The average molecular weight is 305 g/mol. The van der Waals surface area contributed by atoms with Crippen LogP contribution in [0, 0.1) is 0 Å². The van der Waals surface area contributed by atoms with Crippen LogP contribution in [0.1, 0.15) is 6.42 Å². The summed E-state index contributed by atoms with van der Waals surface area (Å²) in [5.74, 6) is 0. The van der Waals surface area contributed by atoms with E-state index in [4.69, 9.17) is 0 Å². The van der Waals surface area contributed by atoms with Crippen LogP contribution in [0.4, 0.5) is 0 Å². The summed E-state index contributed by atoms with van der Waals surface area (Å²) >= 11 is 3.52. The molecule has 0 unspecified atom stereocenters. The summed E-state index contributed by atoms with van der Waals surface area (Å²) in [5.41, 5.74) is 3.83. The van der Waals surface area contributed by atoms with Crippen molar-refractivity contribution in [1.82, 2.24) is 0 Å². The molecule has 0 aromatic heterocycles. The number of rotatable bonds is 0. The van der Waals surface area contributed by atoms with Crippen molar-refractivity contribution in [2.45, 2.75) is 6.42 Å². The van der Waals surface area contributed by atoms with E-state index in [9.17, 15) is 0 Å².